The molecule has 1 amide bonds. The van der Waals surface area contributed by atoms with Gasteiger partial charge in [-0.05, 0) is 37.0 Å². The van der Waals surface area contributed by atoms with Crippen LogP contribution in [0, 0.1) is 19.8 Å². The maximum atomic E-state index is 12.3. The summed E-state index contributed by atoms with van der Waals surface area (Å²) in [6.07, 6.45) is 0. The minimum Gasteiger partial charge on any atom is -0.368 e. The van der Waals surface area contributed by atoms with Crippen molar-refractivity contribution >= 4 is 11.6 Å². The smallest absolute Gasteiger partial charge is 0.239 e. The summed E-state index contributed by atoms with van der Waals surface area (Å²) in [5.41, 5.74) is 9.91. The number of amides is 1. The Morgan fingerprint density at radius 3 is 2.33 bits per heavy atom. The Morgan fingerprint density at radius 1 is 1.14 bits per heavy atom. The van der Waals surface area contributed by atoms with Crippen LogP contribution in [0.4, 0.5) is 5.69 Å². The number of nitrogens with zero attached hydrogens (tertiary/aromatic N) is 2. The maximum Gasteiger partial charge on any atom is 0.239 e. The van der Waals surface area contributed by atoms with Gasteiger partial charge in [0.1, 0.15) is 0 Å². The van der Waals surface area contributed by atoms with Gasteiger partial charge in [0.25, 0.3) is 0 Å². The maximum absolute atomic E-state index is 12.3. The molecule has 0 saturated carbocycles. The molecule has 4 nitrogen and oxygen atoms in total. The van der Waals surface area contributed by atoms with E-state index in [9.17, 15) is 4.79 Å². The Balaban J connectivity index is 2.00. The van der Waals surface area contributed by atoms with Gasteiger partial charge < -0.3 is 15.5 Å². The van der Waals surface area contributed by atoms with E-state index in [1.54, 1.807) is 0 Å². The molecule has 1 fully saturated rings. The fourth-order valence-corrected chi connectivity index (χ4v) is 2.74. The molecule has 2 N–H and O–H groups in total. The molecule has 1 unspecified atom stereocenters. The second-order valence-corrected chi connectivity index (χ2v) is 6.30. The van der Waals surface area contributed by atoms with E-state index in [2.05, 4.69) is 36.9 Å². The van der Waals surface area contributed by atoms with Crippen molar-refractivity contribution in [2.45, 2.75) is 33.7 Å². The Labute approximate surface area is 127 Å². The van der Waals surface area contributed by atoms with Gasteiger partial charge in [0.15, 0.2) is 0 Å². The zero-order valence-electron chi connectivity index (χ0n) is 13.6. The molecule has 1 aliphatic heterocycles. The normalized spacial score (nSPS) is 17.2. The van der Waals surface area contributed by atoms with Crippen LogP contribution < -0.4 is 10.6 Å². The highest BCUT2D eigenvalue weighted by atomic mass is 16.2. The van der Waals surface area contributed by atoms with E-state index in [-0.39, 0.29) is 17.9 Å². The van der Waals surface area contributed by atoms with Crippen LogP contribution in [-0.2, 0) is 4.79 Å². The third-order valence-electron chi connectivity index (χ3n) is 4.51. The SMILES string of the molecule is Cc1cccc(N2CCN(C(=O)C(N)C(C)C)CC2)c1C. The number of hydrogen-bond donors (Lipinski definition) is 1. The zero-order chi connectivity index (χ0) is 15.6. The quantitative estimate of drug-likeness (QED) is 0.925. The average Bonchev–Trinajstić information content (AvgIpc) is 2.48. The highest BCUT2D eigenvalue weighted by molar-refractivity contribution is 5.82. The molecule has 0 spiro atoms. The number of piperazine rings is 1. The predicted molar refractivity (Wildman–Crippen MR) is 87.5 cm³/mol. The second kappa shape index (κ2) is 6.48. The lowest BCUT2D eigenvalue weighted by Gasteiger charge is -2.38. The number of carbonyl (C=O) groups is 1. The van der Waals surface area contributed by atoms with Crippen molar-refractivity contribution in [3.8, 4) is 0 Å². The van der Waals surface area contributed by atoms with Crippen LogP contribution >= 0.6 is 0 Å². The number of aryl methyl sites for hydroxylation is 1. The average molecular weight is 289 g/mol. The molecule has 1 saturated heterocycles. The molecule has 116 valence electrons. The van der Waals surface area contributed by atoms with Gasteiger partial charge in [0.2, 0.25) is 5.91 Å². The number of rotatable bonds is 3. The van der Waals surface area contributed by atoms with E-state index < -0.39 is 0 Å². The first-order valence-electron chi connectivity index (χ1n) is 7.77. The van der Waals surface area contributed by atoms with Crippen molar-refractivity contribution in [2.75, 3.05) is 31.1 Å². The predicted octanol–water partition coefficient (Wildman–Crippen LogP) is 1.94. The van der Waals surface area contributed by atoms with Gasteiger partial charge in [-0.3, -0.25) is 4.79 Å². The van der Waals surface area contributed by atoms with Gasteiger partial charge in [-0.25, -0.2) is 0 Å². The van der Waals surface area contributed by atoms with Crippen molar-refractivity contribution in [1.29, 1.82) is 0 Å². The Kier molecular flexibility index (Phi) is 4.88. The zero-order valence-corrected chi connectivity index (χ0v) is 13.6. The molecule has 0 aromatic heterocycles. The van der Waals surface area contributed by atoms with Crippen LogP contribution in [-0.4, -0.2) is 43.0 Å². The summed E-state index contributed by atoms with van der Waals surface area (Å²) in [5.74, 6) is 0.278. The summed E-state index contributed by atoms with van der Waals surface area (Å²) >= 11 is 0. The highest BCUT2D eigenvalue weighted by Gasteiger charge is 2.27. The summed E-state index contributed by atoms with van der Waals surface area (Å²) in [6.45, 7) is 11.6. The molecule has 0 bridgehead atoms. The first kappa shape index (κ1) is 15.8. The van der Waals surface area contributed by atoms with Crippen molar-refractivity contribution in [2.24, 2.45) is 11.7 Å². The van der Waals surface area contributed by atoms with Gasteiger partial charge in [0, 0.05) is 31.9 Å². The summed E-state index contributed by atoms with van der Waals surface area (Å²) in [5, 5.41) is 0. The number of nitrogens with two attached hydrogens (primary N) is 1. The number of carbonyl (C=O) groups excluding carboxylic acids is 1. The minimum absolute atomic E-state index is 0.0885. The van der Waals surface area contributed by atoms with Crippen molar-refractivity contribution in [3.05, 3.63) is 29.3 Å². The van der Waals surface area contributed by atoms with Crippen LogP contribution in [0.15, 0.2) is 18.2 Å². The Bertz CT molecular complexity index is 505. The largest absolute Gasteiger partial charge is 0.368 e. The van der Waals surface area contributed by atoms with Gasteiger partial charge >= 0.3 is 0 Å². The fraction of sp³-hybridized carbons (Fsp3) is 0.588. The van der Waals surface area contributed by atoms with Crippen molar-refractivity contribution in [1.82, 2.24) is 4.90 Å². The van der Waals surface area contributed by atoms with Crippen molar-refractivity contribution < 1.29 is 4.79 Å². The second-order valence-electron chi connectivity index (χ2n) is 6.30. The lowest BCUT2D eigenvalue weighted by molar-refractivity contribution is -0.133. The Morgan fingerprint density at radius 2 is 1.76 bits per heavy atom. The van der Waals surface area contributed by atoms with E-state index in [4.69, 9.17) is 5.73 Å². The molecule has 4 heteroatoms. The first-order valence-corrected chi connectivity index (χ1v) is 7.77. The lowest BCUT2D eigenvalue weighted by Crippen LogP contribution is -2.54. The standard InChI is InChI=1S/C17H27N3O/c1-12(2)16(18)17(21)20-10-8-19(9-11-20)15-7-5-6-13(3)14(15)4/h5-7,12,16H,8-11,18H2,1-4H3. The molecule has 0 aliphatic carbocycles. The summed E-state index contributed by atoms with van der Waals surface area (Å²) in [4.78, 5) is 16.6. The van der Waals surface area contributed by atoms with Crippen LogP contribution in [0.25, 0.3) is 0 Å². The lowest BCUT2D eigenvalue weighted by atomic mass is 10.0. The molecule has 1 heterocycles. The molecule has 0 radical (unpaired) electrons. The highest BCUT2D eigenvalue weighted by Crippen LogP contribution is 2.24. The van der Waals surface area contributed by atoms with Crippen LogP contribution in [0.1, 0.15) is 25.0 Å². The number of benzene rings is 1. The molecule has 1 aromatic carbocycles. The van der Waals surface area contributed by atoms with Gasteiger partial charge in [-0.2, -0.15) is 0 Å². The van der Waals surface area contributed by atoms with Gasteiger partial charge in [-0.1, -0.05) is 26.0 Å². The van der Waals surface area contributed by atoms with Crippen LogP contribution in [0.3, 0.4) is 0 Å². The van der Waals surface area contributed by atoms with E-state index in [0.717, 1.165) is 26.2 Å². The van der Waals surface area contributed by atoms with Crippen LogP contribution in [0.5, 0.6) is 0 Å². The molecule has 1 aliphatic rings. The van der Waals surface area contributed by atoms with E-state index in [1.807, 2.05) is 18.7 Å². The molecule has 1 aromatic rings. The monoisotopic (exact) mass is 289 g/mol. The third-order valence-corrected chi connectivity index (χ3v) is 4.51. The molecule has 21 heavy (non-hydrogen) atoms. The first-order chi connectivity index (χ1) is 9.91. The van der Waals surface area contributed by atoms with Gasteiger partial charge in [-0.15, -0.1) is 0 Å². The van der Waals surface area contributed by atoms with E-state index >= 15 is 0 Å². The molecule has 1 atom stereocenters. The molecular weight excluding hydrogens is 262 g/mol. The molecule has 2 rings (SSSR count). The summed E-state index contributed by atoms with van der Waals surface area (Å²) < 4.78 is 0. The topological polar surface area (TPSA) is 49.6 Å². The van der Waals surface area contributed by atoms with Crippen LogP contribution in [0.2, 0.25) is 0 Å². The fourth-order valence-electron chi connectivity index (χ4n) is 2.74. The number of anilines is 1. The van der Waals surface area contributed by atoms with E-state index in [0.29, 0.717) is 0 Å². The Hall–Kier alpha value is -1.55. The van der Waals surface area contributed by atoms with E-state index in [1.165, 1.54) is 16.8 Å². The summed E-state index contributed by atoms with van der Waals surface area (Å²) in [7, 11) is 0. The molecular formula is C17H27N3O. The minimum atomic E-state index is -0.378. The summed E-state index contributed by atoms with van der Waals surface area (Å²) in [6, 6.07) is 6.03. The number of hydrogen-bond acceptors (Lipinski definition) is 3. The van der Waals surface area contributed by atoms with Crippen molar-refractivity contribution in [3.63, 3.8) is 0 Å². The van der Waals surface area contributed by atoms with Gasteiger partial charge in [0.05, 0.1) is 6.04 Å². The third kappa shape index (κ3) is 3.38.